The maximum atomic E-state index is 14.2. The lowest BCUT2D eigenvalue weighted by Crippen LogP contribution is -2.77. The van der Waals surface area contributed by atoms with Crippen molar-refractivity contribution in [2.45, 2.75) is 39.5 Å². The molecule has 3 atom stereocenters. The van der Waals surface area contributed by atoms with Crippen molar-refractivity contribution in [2.24, 2.45) is 22.2 Å². The Bertz CT molecular complexity index is 1170. The van der Waals surface area contributed by atoms with Crippen molar-refractivity contribution in [1.29, 1.82) is 0 Å². The Morgan fingerprint density at radius 3 is 1.82 bits per heavy atom. The minimum absolute atomic E-state index is 0.00550. The van der Waals surface area contributed by atoms with Crippen LogP contribution >= 0.6 is 24.4 Å². The molecule has 0 aromatic carbocycles. The monoisotopic (exact) mass is 566 g/mol. The molecule has 2 fully saturated rings. The summed E-state index contributed by atoms with van der Waals surface area (Å²) >= 11 is 10.3. The Balaban J connectivity index is 2.39. The van der Waals surface area contributed by atoms with Gasteiger partial charge in [-0.05, 0) is 43.2 Å². The molecule has 3 unspecified atom stereocenters. The maximum absolute atomic E-state index is 14.2. The lowest BCUT2D eigenvalue weighted by atomic mass is 9.46. The number of rotatable bonds is 8. The molecule has 206 valence electrons. The summed E-state index contributed by atoms with van der Waals surface area (Å²) < 4.78 is 10.2. The van der Waals surface area contributed by atoms with E-state index in [1.807, 2.05) is 13.8 Å². The SMILES string of the molecule is COC(=O)CC1(C2(C3(CC(=O)OCC(C)C)C(=O)NC(=S)N(C)C3=O)C=CCC2)C(=O)NC(=S)N(C)C1=O. The number of hydrogen-bond acceptors (Lipinski definition) is 10. The number of ether oxygens (including phenoxy) is 2. The highest BCUT2D eigenvalue weighted by Gasteiger charge is 2.77. The first kappa shape index (κ1) is 29.3. The molecule has 38 heavy (non-hydrogen) atoms. The molecular weight excluding hydrogens is 536 g/mol. The summed E-state index contributed by atoms with van der Waals surface area (Å²) in [7, 11) is 3.69. The van der Waals surface area contributed by atoms with Crippen LogP contribution < -0.4 is 10.6 Å². The average molecular weight is 567 g/mol. The Labute approximate surface area is 230 Å². The molecule has 2 heterocycles. The number of amides is 4. The summed E-state index contributed by atoms with van der Waals surface area (Å²) in [6.07, 6.45) is 1.48. The van der Waals surface area contributed by atoms with Gasteiger partial charge >= 0.3 is 11.9 Å². The number of nitrogens with one attached hydrogen (secondary N) is 2. The van der Waals surface area contributed by atoms with E-state index in [0.717, 1.165) is 16.9 Å². The second-order valence-corrected chi connectivity index (χ2v) is 10.7. The van der Waals surface area contributed by atoms with E-state index in [2.05, 4.69) is 10.6 Å². The molecule has 4 amide bonds. The highest BCUT2D eigenvalue weighted by atomic mass is 32.1. The van der Waals surface area contributed by atoms with Gasteiger partial charge < -0.3 is 20.1 Å². The first-order valence-corrected chi connectivity index (χ1v) is 12.7. The van der Waals surface area contributed by atoms with Gasteiger partial charge in [0.2, 0.25) is 23.6 Å². The zero-order valence-corrected chi connectivity index (χ0v) is 23.4. The van der Waals surface area contributed by atoms with Gasteiger partial charge in [0.05, 0.1) is 26.6 Å². The number of methoxy groups -OCH3 is 1. The average Bonchev–Trinajstić information content (AvgIpc) is 3.37. The summed E-state index contributed by atoms with van der Waals surface area (Å²) in [4.78, 5) is 84.1. The predicted octanol–water partition coefficient (Wildman–Crippen LogP) is 0.194. The molecule has 14 heteroatoms. The van der Waals surface area contributed by atoms with E-state index in [-0.39, 0.29) is 35.6 Å². The normalized spacial score (nSPS) is 29.5. The molecule has 0 saturated carbocycles. The van der Waals surface area contributed by atoms with Crippen molar-refractivity contribution in [3.8, 4) is 0 Å². The second-order valence-electron chi connectivity index (χ2n) is 9.98. The Hall–Kier alpha value is -3.26. The molecule has 12 nitrogen and oxygen atoms in total. The van der Waals surface area contributed by atoms with Gasteiger partial charge in [0, 0.05) is 19.5 Å². The summed E-state index contributed by atoms with van der Waals surface area (Å²) in [5.41, 5.74) is -6.80. The van der Waals surface area contributed by atoms with Gasteiger partial charge in [-0.25, -0.2) is 0 Å². The summed E-state index contributed by atoms with van der Waals surface area (Å²) in [6.45, 7) is 3.62. The van der Waals surface area contributed by atoms with Gasteiger partial charge in [-0.15, -0.1) is 0 Å². The highest BCUT2D eigenvalue weighted by Crippen LogP contribution is 2.64. The van der Waals surface area contributed by atoms with E-state index >= 15 is 0 Å². The van der Waals surface area contributed by atoms with Gasteiger partial charge in [-0.3, -0.25) is 38.6 Å². The van der Waals surface area contributed by atoms with E-state index in [0.29, 0.717) is 0 Å². The number of carbonyl (C=O) groups is 6. The number of allylic oxidation sites excluding steroid dienone is 2. The fraction of sp³-hybridized carbons (Fsp3) is 0.583. The minimum Gasteiger partial charge on any atom is -0.469 e. The minimum atomic E-state index is -2.40. The summed E-state index contributed by atoms with van der Waals surface area (Å²) in [5, 5.41) is 4.45. The first-order valence-electron chi connectivity index (χ1n) is 11.9. The van der Waals surface area contributed by atoms with Crippen LogP contribution in [0, 0.1) is 22.2 Å². The largest absolute Gasteiger partial charge is 0.469 e. The van der Waals surface area contributed by atoms with Crippen LogP contribution in [-0.4, -0.2) is 83.4 Å². The van der Waals surface area contributed by atoms with E-state index in [1.165, 1.54) is 20.2 Å². The molecule has 2 N–H and O–H groups in total. The molecule has 0 spiro atoms. The topological polar surface area (TPSA) is 151 Å². The standard InChI is InChI=1S/C24H30N4O8S2/c1-13(2)12-36-15(30)11-24(17(32)26-21(38)28(4)19(24)34)22(8-6-7-9-22)23(10-14(29)35-5)16(31)25-20(37)27(3)18(23)33/h6,8,13H,7,9-12H2,1-5H3,(H,25,31,37)(H,26,32,38). The van der Waals surface area contributed by atoms with Crippen LogP contribution in [0.25, 0.3) is 0 Å². The van der Waals surface area contributed by atoms with Crippen LogP contribution in [0.1, 0.15) is 39.5 Å². The Morgan fingerprint density at radius 2 is 1.42 bits per heavy atom. The molecule has 0 radical (unpaired) electrons. The second kappa shape index (κ2) is 10.5. The van der Waals surface area contributed by atoms with Crippen molar-refractivity contribution < 1.29 is 38.2 Å². The van der Waals surface area contributed by atoms with Crippen molar-refractivity contribution >= 4 is 70.2 Å². The van der Waals surface area contributed by atoms with Gasteiger partial charge in [-0.1, -0.05) is 26.0 Å². The number of hydrogen-bond donors (Lipinski definition) is 2. The smallest absolute Gasteiger partial charge is 0.307 e. The molecule has 3 aliphatic rings. The first-order chi connectivity index (χ1) is 17.7. The Kier molecular flexibility index (Phi) is 8.08. The molecule has 1 aliphatic carbocycles. The fourth-order valence-corrected chi connectivity index (χ4v) is 5.86. The number of thiocarbonyl (C=S) groups is 2. The van der Waals surface area contributed by atoms with Crippen molar-refractivity contribution in [1.82, 2.24) is 20.4 Å². The van der Waals surface area contributed by atoms with E-state index in [1.54, 1.807) is 6.08 Å². The van der Waals surface area contributed by atoms with Gasteiger partial charge in [0.15, 0.2) is 10.2 Å². The zero-order valence-electron chi connectivity index (χ0n) is 21.7. The van der Waals surface area contributed by atoms with Crippen molar-refractivity contribution in [2.75, 3.05) is 27.8 Å². The van der Waals surface area contributed by atoms with Crippen LogP contribution in [0.5, 0.6) is 0 Å². The molecule has 2 saturated heterocycles. The third-order valence-corrected chi connectivity index (χ3v) is 8.17. The Morgan fingerprint density at radius 1 is 0.947 bits per heavy atom. The highest BCUT2D eigenvalue weighted by molar-refractivity contribution is 7.80. The third kappa shape index (κ3) is 4.19. The van der Waals surface area contributed by atoms with Crippen LogP contribution in [0.3, 0.4) is 0 Å². The molecule has 0 aromatic rings. The molecule has 3 rings (SSSR count). The summed E-state index contributed by atoms with van der Waals surface area (Å²) in [5.74, 6) is -5.71. The van der Waals surface area contributed by atoms with Crippen LogP contribution in [-0.2, 0) is 38.2 Å². The predicted molar refractivity (Wildman–Crippen MR) is 140 cm³/mol. The van der Waals surface area contributed by atoms with Crippen LogP contribution in [0.2, 0.25) is 0 Å². The van der Waals surface area contributed by atoms with E-state index in [4.69, 9.17) is 33.9 Å². The lowest BCUT2D eigenvalue weighted by Gasteiger charge is -2.57. The summed E-state index contributed by atoms with van der Waals surface area (Å²) in [6, 6.07) is 0. The maximum Gasteiger partial charge on any atom is 0.307 e. The fourth-order valence-electron chi connectivity index (χ4n) is 5.51. The quantitative estimate of drug-likeness (QED) is 0.180. The van der Waals surface area contributed by atoms with Crippen LogP contribution in [0.4, 0.5) is 0 Å². The van der Waals surface area contributed by atoms with Gasteiger partial charge in [0.25, 0.3) is 0 Å². The van der Waals surface area contributed by atoms with E-state index < -0.39 is 64.7 Å². The number of esters is 2. The molecule has 0 aromatic heterocycles. The lowest BCUT2D eigenvalue weighted by molar-refractivity contribution is -0.186. The van der Waals surface area contributed by atoms with Crippen molar-refractivity contribution in [3.05, 3.63) is 12.2 Å². The number of carbonyl (C=O) groups excluding carboxylic acids is 6. The zero-order chi connectivity index (χ0) is 28.6. The number of nitrogens with zero attached hydrogens (tertiary/aromatic N) is 2. The third-order valence-electron chi connectivity index (χ3n) is 7.42. The van der Waals surface area contributed by atoms with Gasteiger partial charge in [0.1, 0.15) is 10.8 Å². The van der Waals surface area contributed by atoms with Crippen LogP contribution in [0.15, 0.2) is 12.2 Å². The van der Waals surface area contributed by atoms with Crippen molar-refractivity contribution in [3.63, 3.8) is 0 Å². The molecule has 2 aliphatic heterocycles. The molecule has 0 bridgehead atoms. The van der Waals surface area contributed by atoms with E-state index in [9.17, 15) is 28.8 Å². The molecular formula is C24H30N4O8S2. The van der Waals surface area contributed by atoms with Gasteiger partial charge in [-0.2, -0.15) is 0 Å².